The first-order chi connectivity index (χ1) is 14.7. The molecule has 3 heterocycles. The van der Waals surface area contributed by atoms with E-state index in [0.717, 1.165) is 50.7 Å². The normalized spacial score (nSPS) is 17.3. The molecular weight excluding hydrogens is 381 g/mol. The first kappa shape index (κ1) is 20.3. The Bertz CT molecular complexity index is 916. The highest BCUT2D eigenvalue weighted by Gasteiger charge is 2.24. The molecule has 7 heteroatoms. The number of hydrogen-bond acceptors (Lipinski definition) is 5. The molecule has 4 rings (SSSR count). The summed E-state index contributed by atoms with van der Waals surface area (Å²) in [6.07, 6.45) is 7.81. The lowest BCUT2D eigenvalue weighted by Gasteiger charge is -2.40. The highest BCUT2D eigenvalue weighted by Crippen LogP contribution is 2.21. The average molecular weight is 410 g/mol. The molecule has 2 aromatic heterocycles. The molecule has 3 aromatic rings. The summed E-state index contributed by atoms with van der Waals surface area (Å²) in [6.45, 7) is 7.43. The van der Waals surface area contributed by atoms with Gasteiger partial charge in [-0.2, -0.15) is 0 Å². The first-order valence-corrected chi connectivity index (χ1v) is 10.5. The number of hydrogen-bond donors (Lipinski definition) is 0. The predicted molar refractivity (Wildman–Crippen MR) is 115 cm³/mol. The summed E-state index contributed by atoms with van der Waals surface area (Å²) in [4.78, 5) is 13.0. The van der Waals surface area contributed by atoms with Gasteiger partial charge in [0.25, 0.3) is 0 Å². The van der Waals surface area contributed by atoms with Crippen molar-refractivity contribution in [1.29, 1.82) is 0 Å². The van der Waals surface area contributed by atoms with E-state index in [1.807, 2.05) is 18.6 Å². The van der Waals surface area contributed by atoms with Gasteiger partial charge < -0.3 is 14.2 Å². The number of halogens is 1. The Kier molecular flexibility index (Phi) is 6.59. The average Bonchev–Trinajstić information content (AvgIpc) is 3.26. The molecule has 0 N–H and O–H groups in total. The molecule has 0 amide bonds. The number of piperazine rings is 1. The zero-order valence-electron chi connectivity index (χ0n) is 17.3. The number of aromatic nitrogens is 3. The summed E-state index contributed by atoms with van der Waals surface area (Å²) in [5.41, 5.74) is 1.25. The predicted octanol–water partition coefficient (Wildman–Crippen LogP) is 3.60. The smallest absolute Gasteiger partial charge is 0.141 e. The van der Waals surface area contributed by atoms with Gasteiger partial charge in [0.1, 0.15) is 17.4 Å². The molecule has 1 aliphatic heterocycles. The molecule has 0 bridgehead atoms. The molecule has 6 nitrogen and oxygen atoms in total. The number of pyridine rings is 1. The number of imidazole rings is 1. The Labute approximate surface area is 176 Å². The first-order valence-electron chi connectivity index (χ1n) is 10.5. The molecule has 1 saturated heterocycles. The molecule has 0 saturated carbocycles. The van der Waals surface area contributed by atoms with Crippen LogP contribution < -0.4 is 9.64 Å². The Hall–Kier alpha value is -2.93. The van der Waals surface area contributed by atoms with Gasteiger partial charge in [0.05, 0.1) is 19.1 Å². The van der Waals surface area contributed by atoms with Crippen molar-refractivity contribution < 1.29 is 9.13 Å². The minimum atomic E-state index is -0.297. The number of ether oxygens (including phenoxy) is 1. The minimum absolute atomic E-state index is 0.297. The molecule has 0 radical (unpaired) electrons. The molecule has 0 aliphatic carbocycles. The molecule has 1 fully saturated rings. The van der Waals surface area contributed by atoms with Crippen molar-refractivity contribution in [3.8, 4) is 5.75 Å². The standard InChI is InChI=1S/C23H28FN5O/c1-19-16-28(11-12-29(19)23-7-6-21(24)15-26-23)17-20-4-2-5-22(14-20)30-13-3-9-27-10-8-25-18-27/h2,4-8,10,14-15,18-19H,3,9,11-13,16-17H2,1H3. The maximum Gasteiger partial charge on any atom is 0.141 e. The van der Waals surface area contributed by atoms with Crippen molar-refractivity contribution in [3.05, 3.63) is 72.7 Å². The summed E-state index contributed by atoms with van der Waals surface area (Å²) in [7, 11) is 0. The van der Waals surface area contributed by atoms with Crippen molar-refractivity contribution in [2.75, 3.05) is 31.1 Å². The molecule has 1 aliphatic rings. The summed E-state index contributed by atoms with van der Waals surface area (Å²) in [6, 6.07) is 11.9. The van der Waals surface area contributed by atoms with E-state index in [1.165, 1.54) is 17.8 Å². The second-order valence-corrected chi connectivity index (χ2v) is 7.76. The molecule has 1 unspecified atom stereocenters. The third-order valence-corrected chi connectivity index (χ3v) is 5.41. The number of benzene rings is 1. The number of anilines is 1. The van der Waals surface area contributed by atoms with Crippen molar-refractivity contribution in [2.24, 2.45) is 0 Å². The van der Waals surface area contributed by atoms with Crippen LogP contribution in [0.2, 0.25) is 0 Å². The zero-order valence-corrected chi connectivity index (χ0v) is 17.3. The Balaban J connectivity index is 1.26. The minimum Gasteiger partial charge on any atom is -0.494 e. The molecular formula is C23H28FN5O. The van der Waals surface area contributed by atoms with Crippen LogP contribution in [0.3, 0.4) is 0 Å². The largest absolute Gasteiger partial charge is 0.494 e. The molecule has 0 spiro atoms. The van der Waals surface area contributed by atoms with Gasteiger partial charge in [-0.25, -0.2) is 14.4 Å². The number of nitrogens with zero attached hydrogens (tertiary/aromatic N) is 5. The van der Waals surface area contributed by atoms with Crippen LogP contribution in [0, 0.1) is 5.82 Å². The van der Waals surface area contributed by atoms with Crippen LogP contribution in [0.15, 0.2) is 61.3 Å². The molecule has 1 aromatic carbocycles. The van der Waals surface area contributed by atoms with Crippen LogP contribution >= 0.6 is 0 Å². The van der Waals surface area contributed by atoms with Crippen LogP contribution in [-0.2, 0) is 13.1 Å². The highest BCUT2D eigenvalue weighted by molar-refractivity contribution is 5.40. The van der Waals surface area contributed by atoms with Gasteiger partial charge in [0, 0.05) is 51.2 Å². The monoisotopic (exact) mass is 409 g/mol. The van der Waals surface area contributed by atoms with E-state index in [1.54, 1.807) is 12.3 Å². The summed E-state index contributed by atoms with van der Waals surface area (Å²) >= 11 is 0. The van der Waals surface area contributed by atoms with E-state index in [-0.39, 0.29) is 5.82 Å². The fraction of sp³-hybridized carbons (Fsp3) is 0.391. The van der Waals surface area contributed by atoms with Crippen LogP contribution in [0.5, 0.6) is 5.75 Å². The third kappa shape index (κ3) is 5.36. The second-order valence-electron chi connectivity index (χ2n) is 7.76. The Morgan fingerprint density at radius 1 is 1.20 bits per heavy atom. The van der Waals surface area contributed by atoms with E-state index in [9.17, 15) is 4.39 Å². The van der Waals surface area contributed by atoms with Gasteiger partial charge in [-0.1, -0.05) is 12.1 Å². The number of rotatable bonds is 8. The van der Waals surface area contributed by atoms with E-state index >= 15 is 0 Å². The van der Waals surface area contributed by atoms with E-state index in [2.05, 4.69) is 49.5 Å². The lowest BCUT2D eigenvalue weighted by molar-refractivity contribution is 0.220. The Morgan fingerprint density at radius 3 is 2.90 bits per heavy atom. The number of aryl methyl sites for hydroxylation is 1. The second kappa shape index (κ2) is 9.71. The maximum atomic E-state index is 13.1. The van der Waals surface area contributed by atoms with Crippen molar-refractivity contribution in [3.63, 3.8) is 0 Å². The van der Waals surface area contributed by atoms with Crippen molar-refractivity contribution >= 4 is 5.82 Å². The van der Waals surface area contributed by atoms with Gasteiger partial charge in [-0.3, -0.25) is 4.90 Å². The van der Waals surface area contributed by atoms with Gasteiger partial charge in [-0.05, 0) is 43.2 Å². The van der Waals surface area contributed by atoms with Gasteiger partial charge >= 0.3 is 0 Å². The van der Waals surface area contributed by atoms with Crippen LogP contribution in [0.4, 0.5) is 10.2 Å². The fourth-order valence-corrected chi connectivity index (χ4v) is 3.90. The van der Waals surface area contributed by atoms with Gasteiger partial charge in [0.2, 0.25) is 0 Å². The van der Waals surface area contributed by atoms with Crippen LogP contribution in [0.25, 0.3) is 0 Å². The highest BCUT2D eigenvalue weighted by atomic mass is 19.1. The molecule has 30 heavy (non-hydrogen) atoms. The summed E-state index contributed by atoms with van der Waals surface area (Å²) in [5.74, 6) is 1.46. The lowest BCUT2D eigenvalue weighted by atomic mass is 10.1. The topological polar surface area (TPSA) is 46.4 Å². The Morgan fingerprint density at radius 2 is 2.13 bits per heavy atom. The summed E-state index contributed by atoms with van der Waals surface area (Å²) in [5, 5.41) is 0. The van der Waals surface area contributed by atoms with Gasteiger partial charge in [0.15, 0.2) is 0 Å². The van der Waals surface area contributed by atoms with Gasteiger partial charge in [-0.15, -0.1) is 0 Å². The van der Waals surface area contributed by atoms with E-state index in [4.69, 9.17) is 4.74 Å². The maximum absolute atomic E-state index is 13.1. The SMILES string of the molecule is CC1CN(Cc2cccc(OCCCn3ccnc3)c2)CCN1c1ccc(F)cn1. The fourth-order valence-electron chi connectivity index (χ4n) is 3.90. The van der Waals surface area contributed by atoms with E-state index in [0.29, 0.717) is 12.6 Å². The van der Waals surface area contributed by atoms with Crippen molar-refractivity contribution in [2.45, 2.75) is 32.5 Å². The van der Waals surface area contributed by atoms with Crippen LogP contribution in [0.1, 0.15) is 18.9 Å². The van der Waals surface area contributed by atoms with Crippen LogP contribution in [-0.4, -0.2) is 51.7 Å². The lowest BCUT2D eigenvalue weighted by Crippen LogP contribution is -2.51. The third-order valence-electron chi connectivity index (χ3n) is 5.41. The molecule has 158 valence electrons. The summed E-state index contributed by atoms with van der Waals surface area (Å²) < 4.78 is 21.1. The van der Waals surface area contributed by atoms with Crippen molar-refractivity contribution in [1.82, 2.24) is 19.4 Å². The van der Waals surface area contributed by atoms with E-state index < -0.39 is 0 Å². The quantitative estimate of drug-likeness (QED) is 0.532. The zero-order chi connectivity index (χ0) is 20.8. The molecule has 1 atom stereocenters.